The first kappa shape index (κ1) is 25.1. The van der Waals surface area contributed by atoms with Crippen LogP contribution in [0.15, 0.2) is 28.7 Å². The van der Waals surface area contributed by atoms with E-state index in [1.807, 2.05) is 6.07 Å². The van der Waals surface area contributed by atoms with Gasteiger partial charge >= 0.3 is 0 Å². The van der Waals surface area contributed by atoms with Crippen molar-refractivity contribution in [3.8, 4) is 11.8 Å². The summed E-state index contributed by atoms with van der Waals surface area (Å²) >= 11 is 0. The number of hydrogen-bond donors (Lipinski definition) is 5. The summed E-state index contributed by atoms with van der Waals surface area (Å²) in [6.07, 6.45) is -0.404. The Morgan fingerprint density at radius 1 is 1.24 bits per heavy atom. The van der Waals surface area contributed by atoms with E-state index in [-0.39, 0.29) is 40.9 Å². The monoisotopic (exact) mass is 510 g/mol. The van der Waals surface area contributed by atoms with Crippen molar-refractivity contribution in [3.05, 3.63) is 45.4 Å². The number of nitriles is 1. The zero-order chi connectivity index (χ0) is 27.4. The number of phenolic OH excluding ortho intramolecular Hbond substituents is 1. The molecule has 4 aliphatic rings. The minimum absolute atomic E-state index is 0.0911. The molecule has 6 N–H and O–H groups in total. The van der Waals surface area contributed by atoms with Crippen molar-refractivity contribution >= 4 is 17.4 Å². The fourth-order valence-electron chi connectivity index (χ4n) is 7.01. The van der Waals surface area contributed by atoms with Crippen LogP contribution in [-0.2, 0) is 16.0 Å². The Hall–Kier alpha value is -3.59. The Labute approximate surface area is 213 Å². The second-order valence-corrected chi connectivity index (χ2v) is 10.8. The molecule has 1 aromatic carbocycles. The average molecular weight is 511 g/mol. The van der Waals surface area contributed by atoms with Crippen molar-refractivity contribution in [2.75, 3.05) is 33.1 Å². The van der Waals surface area contributed by atoms with E-state index in [9.17, 15) is 35.3 Å². The summed E-state index contributed by atoms with van der Waals surface area (Å²) in [6.45, 7) is 1.58. The Morgan fingerprint density at radius 3 is 2.35 bits per heavy atom. The van der Waals surface area contributed by atoms with Crippen LogP contribution in [0.3, 0.4) is 0 Å². The van der Waals surface area contributed by atoms with Crippen LogP contribution in [0.2, 0.25) is 0 Å². The summed E-state index contributed by atoms with van der Waals surface area (Å²) < 4.78 is 5.76. The molecule has 1 spiro atoms. The number of Topliss-reactive ketones (excluding diaryl/α,β-unsaturated/α-hetero) is 1. The number of benzene rings is 1. The Morgan fingerprint density at radius 2 is 1.86 bits per heavy atom. The molecule has 1 aliphatic heterocycles. The van der Waals surface area contributed by atoms with Crippen molar-refractivity contribution in [2.24, 2.45) is 17.6 Å². The molecule has 37 heavy (non-hydrogen) atoms. The lowest BCUT2D eigenvalue weighted by atomic mass is 9.54. The molecule has 0 radical (unpaired) electrons. The van der Waals surface area contributed by atoms with Gasteiger partial charge in [-0.25, -0.2) is 0 Å². The van der Waals surface area contributed by atoms with Gasteiger partial charge in [0, 0.05) is 31.3 Å². The standard InChI is InChI=1S/C26H30N4O7/c1-10-26(37-10)18(24(28)35)22(33)19(30(4)5)14-7-11-6-13-15(29(2)3)8-12(9-27)20(31)17(13)21(32)16(11)23(34)25(14,26)36/h8,10-11,14,19,31,33-34,36H,6-7H2,1-5H3,(H2,28,35)/t10?,11-,14-,19+,25?,26?/m0/s1. The molecule has 11 nitrogen and oxygen atoms in total. The molecule has 1 heterocycles. The van der Waals surface area contributed by atoms with Crippen LogP contribution in [0.4, 0.5) is 5.69 Å². The van der Waals surface area contributed by atoms with Gasteiger partial charge in [-0.05, 0) is 51.4 Å². The number of fused-ring (bicyclic) bond motifs is 4. The molecule has 0 aromatic heterocycles. The van der Waals surface area contributed by atoms with Crippen molar-refractivity contribution in [3.63, 3.8) is 0 Å². The maximum atomic E-state index is 13.9. The quantitative estimate of drug-likeness (QED) is 0.362. The maximum Gasteiger partial charge on any atom is 0.251 e. The molecule has 1 aromatic rings. The van der Waals surface area contributed by atoms with Crippen LogP contribution in [0.5, 0.6) is 5.75 Å². The Kier molecular flexibility index (Phi) is 5.22. The largest absolute Gasteiger partial charge is 0.510 e. The molecule has 3 unspecified atom stereocenters. The highest BCUT2D eigenvalue weighted by Crippen LogP contribution is 2.64. The van der Waals surface area contributed by atoms with Gasteiger partial charge in [-0.15, -0.1) is 0 Å². The van der Waals surface area contributed by atoms with Gasteiger partial charge in [0.05, 0.1) is 28.8 Å². The molecule has 1 saturated heterocycles. The third kappa shape index (κ3) is 2.86. The zero-order valence-corrected chi connectivity index (χ0v) is 21.2. The highest BCUT2D eigenvalue weighted by atomic mass is 16.6. The first-order chi connectivity index (χ1) is 17.2. The molecule has 0 saturated carbocycles. The normalized spacial score (nSPS) is 34.2. The zero-order valence-electron chi connectivity index (χ0n) is 21.2. The van der Waals surface area contributed by atoms with Crippen molar-refractivity contribution in [1.82, 2.24) is 4.90 Å². The number of epoxide rings is 1. The van der Waals surface area contributed by atoms with Crippen LogP contribution in [-0.4, -0.2) is 88.6 Å². The van der Waals surface area contributed by atoms with Crippen LogP contribution >= 0.6 is 0 Å². The number of nitrogens with zero attached hydrogens (tertiary/aromatic N) is 3. The molecule has 196 valence electrons. The van der Waals surface area contributed by atoms with E-state index in [0.717, 1.165) is 0 Å². The van der Waals surface area contributed by atoms with Crippen molar-refractivity contribution < 1.29 is 34.8 Å². The lowest BCUT2D eigenvalue weighted by Crippen LogP contribution is -2.67. The highest BCUT2D eigenvalue weighted by molar-refractivity contribution is 6.15. The number of carbonyl (C=O) groups excluding carboxylic acids is 2. The molecule has 0 bridgehead atoms. The molecular formula is C26H30N4O7. The SMILES string of the molecule is CC1OC12C(C(N)=O)=C(O)[C@H](N(C)C)[C@@H]1C[C@@H]3Cc4c(N(C)C)cc(C#N)c(O)c4C(=O)C3=C(O)C12O. The number of carbonyl (C=O) groups is 2. The average Bonchev–Trinajstić information content (AvgIpc) is 3.46. The van der Waals surface area contributed by atoms with E-state index in [4.69, 9.17) is 10.5 Å². The first-order valence-electron chi connectivity index (χ1n) is 12.0. The second-order valence-electron chi connectivity index (χ2n) is 10.8. The number of allylic oxidation sites excluding steroid dienone is 1. The minimum Gasteiger partial charge on any atom is -0.510 e. The predicted octanol–water partition coefficient (Wildman–Crippen LogP) is 0.647. The van der Waals surface area contributed by atoms with E-state index < -0.39 is 58.4 Å². The fourth-order valence-corrected chi connectivity index (χ4v) is 7.01. The number of phenols is 1. The van der Waals surface area contributed by atoms with Gasteiger partial charge in [0.1, 0.15) is 23.3 Å². The number of primary amides is 1. The molecule has 3 aliphatic carbocycles. The number of amides is 1. The van der Waals surface area contributed by atoms with Crippen LogP contribution in [0, 0.1) is 23.2 Å². The third-order valence-corrected chi connectivity index (χ3v) is 8.54. The number of rotatable bonds is 3. The molecule has 6 atom stereocenters. The lowest BCUT2D eigenvalue weighted by molar-refractivity contribution is -0.130. The minimum atomic E-state index is -2.26. The summed E-state index contributed by atoms with van der Waals surface area (Å²) in [6, 6.07) is 2.51. The molecular weight excluding hydrogens is 480 g/mol. The van der Waals surface area contributed by atoms with Gasteiger partial charge < -0.3 is 35.8 Å². The Bertz CT molecular complexity index is 1370. The topological polar surface area (TPSA) is 184 Å². The van der Waals surface area contributed by atoms with E-state index in [1.54, 1.807) is 44.9 Å². The predicted molar refractivity (Wildman–Crippen MR) is 131 cm³/mol. The van der Waals surface area contributed by atoms with Gasteiger partial charge in [-0.2, -0.15) is 5.26 Å². The number of hydrogen-bond acceptors (Lipinski definition) is 10. The van der Waals surface area contributed by atoms with Gasteiger partial charge in [0.15, 0.2) is 17.0 Å². The maximum absolute atomic E-state index is 13.9. The molecule has 5 rings (SSSR count). The number of anilines is 1. The van der Waals surface area contributed by atoms with Crippen LogP contribution in [0.25, 0.3) is 0 Å². The smallest absolute Gasteiger partial charge is 0.251 e. The third-order valence-electron chi connectivity index (χ3n) is 8.54. The summed E-state index contributed by atoms with van der Waals surface area (Å²) in [5, 5.41) is 55.7. The number of ether oxygens (including phenoxy) is 1. The number of nitrogens with two attached hydrogens (primary N) is 1. The van der Waals surface area contributed by atoms with Gasteiger partial charge in [0.25, 0.3) is 5.91 Å². The van der Waals surface area contributed by atoms with Crippen molar-refractivity contribution in [1.29, 1.82) is 5.26 Å². The number of aliphatic hydroxyl groups excluding tert-OH is 2. The first-order valence-corrected chi connectivity index (χ1v) is 12.0. The highest BCUT2D eigenvalue weighted by Gasteiger charge is 2.79. The number of ketones is 1. The number of likely N-dealkylation sites (N-methyl/N-ethyl adjacent to an activating group) is 1. The summed E-state index contributed by atoms with van der Waals surface area (Å²) in [5.41, 5.74) is 2.02. The summed E-state index contributed by atoms with van der Waals surface area (Å²) in [5.74, 6) is -4.65. The summed E-state index contributed by atoms with van der Waals surface area (Å²) in [4.78, 5) is 29.8. The van der Waals surface area contributed by atoms with Gasteiger partial charge in [0.2, 0.25) is 0 Å². The number of aliphatic hydroxyl groups is 3. The van der Waals surface area contributed by atoms with Gasteiger partial charge in [-0.3, -0.25) is 14.5 Å². The van der Waals surface area contributed by atoms with Gasteiger partial charge in [-0.1, -0.05) is 0 Å². The van der Waals surface area contributed by atoms with E-state index in [1.165, 1.54) is 6.07 Å². The van der Waals surface area contributed by atoms with E-state index in [0.29, 0.717) is 11.3 Å². The van der Waals surface area contributed by atoms with Crippen LogP contribution < -0.4 is 10.6 Å². The van der Waals surface area contributed by atoms with E-state index >= 15 is 0 Å². The number of aromatic hydroxyl groups is 1. The van der Waals surface area contributed by atoms with Crippen LogP contribution in [0.1, 0.15) is 34.8 Å². The van der Waals surface area contributed by atoms with E-state index in [2.05, 4.69) is 0 Å². The summed E-state index contributed by atoms with van der Waals surface area (Å²) in [7, 11) is 6.85. The fraction of sp³-hybridized carbons (Fsp3) is 0.500. The Balaban J connectivity index is 1.80. The lowest BCUT2D eigenvalue weighted by Gasteiger charge is -2.54. The molecule has 11 heteroatoms. The molecule has 1 fully saturated rings. The van der Waals surface area contributed by atoms with Crippen molar-refractivity contribution in [2.45, 2.75) is 43.1 Å². The second kappa shape index (κ2) is 7.71. The molecule has 1 amide bonds.